The van der Waals surface area contributed by atoms with E-state index in [-0.39, 0.29) is 5.91 Å². The van der Waals surface area contributed by atoms with Crippen LogP contribution in [0.4, 0.5) is 5.69 Å². The fourth-order valence-corrected chi connectivity index (χ4v) is 3.49. The summed E-state index contributed by atoms with van der Waals surface area (Å²) in [5.41, 5.74) is 1.61. The number of benzene rings is 2. The quantitative estimate of drug-likeness (QED) is 0.647. The molecule has 152 valence electrons. The lowest BCUT2D eigenvalue weighted by Crippen LogP contribution is -2.48. The second-order valence-corrected chi connectivity index (χ2v) is 7.21. The van der Waals surface area contributed by atoms with E-state index in [9.17, 15) is 4.79 Å². The molecule has 0 aromatic heterocycles. The number of hydrogen-bond donors (Lipinski definition) is 0. The molecule has 1 aliphatic heterocycles. The van der Waals surface area contributed by atoms with Gasteiger partial charge in [0, 0.05) is 49.4 Å². The van der Waals surface area contributed by atoms with E-state index in [1.807, 2.05) is 29.2 Å². The maximum Gasteiger partial charge on any atom is 0.222 e. The fourth-order valence-electron chi connectivity index (χ4n) is 3.31. The van der Waals surface area contributed by atoms with Crippen molar-refractivity contribution in [3.8, 4) is 17.6 Å². The van der Waals surface area contributed by atoms with Gasteiger partial charge < -0.3 is 19.3 Å². The predicted molar refractivity (Wildman–Crippen MR) is 113 cm³/mol. The van der Waals surface area contributed by atoms with Crippen LogP contribution in [0.3, 0.4) is 0 Å². The molecule has 2 aromatic carbocycles. The summed E-state index contributed by atoms with van der Waals surface area (Å²) in [6.07, 6.45) is 1.06. The zero-order valence-corrected chi connectivity index (χ0v) is 17.2. The molecule has 0 N–H and O–H groups in total. The van der Waals surface area contributed by atoms with E-state index in [0.29, 0.717) is 49.6 Å². The summed E-state index contributed by atoms with van der Waals surface area (Å²) >= 11 is 6.07. The Morgan fingerprint density at radius 1 is 1.14 bits per heavy atom. The van der Waals surface area contributed by atoms with Gasteiger partial charge in [0.2, 0.25) is 5.91 Å². The van der Waals surface area contributed by atoms with Gasteiger partial charge in [-0.3, -0.25) is 4.79 Å². The highest BCUT2D eigenvalue weighted by Crippen LogP contribution is 2.28. The third kappa shape index (κ3) is 5.55. The van der Waals surface area contributed by atoms with Crippen LogP contribution in [-0.4, -0.2) is 50.7 Å². The van der Waals surface area contributed by atoms with Crippen LogP contribution >= 0.6 is 11.6 Å². The van der Waals surface area contributed by atoms with E-state index in [1.165, 1.54) is 7.11 Å². The standard InChI is InChI=1S/C22H24ClN3O3/c1-28-21-14-17(16-24)7-8-20(21)29-13-3-6-22(27)26-11-9-25(10-12-26)19-5-2-4-18(23)15-19/h2,4-5,7-8,14-15H,3,6,9-13H2,1H3. The summed E-state index contributed by atoms with van der Waals surface area (Å²) in [5.74, 6) is 1.24. The van der Waals surface area contributed by atoms with Crippen molar-refractivity contribution in [2.45, 2.75) is 12.8 Å². The number of carbonyl (C=O) groups is 1. The van der Waals surface area contributed by atoms with Gasteiger partial charge in [0.05, 0.1) is 25.3 Å². The SMILES string of the molecule is COc1cc(C#N)ccc1OCCCC(=O)N1CCN(c2cccc(Cl)c2)CC1. The number of amides is 1. The Bertz CT molecular complexity index is 889. The molecule has 1 saturated heterocycles. The van der Waals surface area contributed by atoms with E-state index in [4.69, 9.17) is 26.3 Å². The number of carbonyl (C=O) groups excluding carboxylic acids is 1. The van der Waals surface area contributed by atoms with Crippen molar-refractivity contribution >= 4 is 23.2 Å². The van der Waals surface area contributed by atoms with Gasteiger partial charge in [0.1, 0.15) is 0 Å². The molecular formula is C22H24ClN3O3. The molecule has 1 fully saturated rings. The number of halogens is 1. The topological polar surface area (TPSA) is 65.8 Å². The smallest absolute Gasteiger partial charge is 0.222 e. The monoisotopic (exact) mass is 413 g/mol. The van der Waals surface area contributed by atoms with Crippen molar-refractivity contribution in [1.82, 2.24) is 4.90 Å². The first kappa shape index (κ1) is 20.8. The fraction of sp³-hybridized carbons (Fsp3) is 0.364. The van der Waals surface area contributed by atoms with Gasteiger partial charge in [0.25, 0.3) is 0 Å². The molecule has 0 radical (unpaired) electrons. The van der Waals surface area contributed by atoms with Crippen LogP contribution in [0.2, 0.25) is 5.02 Å². The molecule has 1 aliphatic rings. The Balaban J connectivity index is 1.41. The number of rotatable bonds is 7. The lowest BCUT2D eigenvalue weighted by molar-refractivity contribution is -0.131. The minimum atomic E-state index is 0.145. The average molecular weight is 414 g/mol. The molecule has 1 amide bonds. The Hall–Kier alpha value is -2.91. The van der Waals surface area contributed by atoms with Crippen molar-refractivity contribution in [3.05, 3.63) is 53.1 Å². The van der Waals surface area contributed by atoms with Crippen LogP contribution in [0, 0.1) is 11.3 Å². The largest absolute Gasteiger partial charge is 0.493 e. The van der Waals surface area contributed by atoms with Gasteiger partial charge in [0.15, 0.2) is 11.5 Å². The second kappa shape index (κ2) is 10.0. The third-order valence-electron chi connectivity index (χ3n) is 4.89. The summed E-state index contributed by atoms with van der Waals surface area (Å²) in [6.45, 7) is 3.41. The molecule has 7 heteroatoms. The summed E-state index contributed by atoms with van der Waals surface area (Å²) < 4.78 is 11.0. The van der Waals surface area contributed by atoms with Crippen molar-refractivity contribution in [2.24, 2.45) is 0 Å². The number of nitrogens with zero attached hydrogens (tertiary/aromatic N) is 3. The van der Waals surface area contributed by atoms with Crippen molar-refractivity contribution < 1.29 is 14.3 Å². The molecule has 0 aliphatic carbocycles. The highest BCUT2D eigenvalue weighted by Gasteiger charge is 2.21. The number of piperazine rings is 1. The molecule has 0 unspecified atom stereocenters. The van der Waals surface area contributed by atoms with Gasteiger partial charge >= 0.3 is 0 Å². The van der Waals surface area contributed by atoms with Gasteiger partial charge in [-0.25, -0.2) is 0 Å². The number of ether oxygens (including phenoxy) is 2. The van der Waals surface area contributed by atoms with Crippen LogP contribution in [0.1, 0.15) is 18.4 Å². The predicted octanol–water partition coefficient (Wildman–Crippen LogP) is 3.73. The number of anilines is 1. The maximum absolute atomic E-state index is 12.5. The van der Waals surface area contributed by atoms with E-state index in [1.54, 1.807) is 18.2 Å². The van der Waals surface area contributed by atoms with Crippen LogP contribution in [0.25, 0.3) is 0 Å². The number of hydrogen-bond acceptors (Lipinski definition) is 5. The van der Waals surface area contributed by atoms with E-state index < -0.39 is 0 Å². The molecular weight excluding hydrogens is 390 g/mol. The zero-order chi connectivity index (χ0) is 20.6. The molecule has 0 atom stereocenters. The van der Waals surface area contributed by atoms with Crippen molar-refractivity contribution in [3.63, 3.8) is 0 Å². The first-order valence-corrected chi connectivity index (χ1v) is 9.97. The highest BCUT2D eigenvalue weighted by atomic mass is 35.5. The number of nitriles is 1. The molecule has 1 heterocycles. The van der Waals surface area contributed by atoms with E-state index >= 15 is 0 Å². The number of methoxy groups -OCH3 is 1. The molecule has 29 heavy (non-hydrogen) atoms. The average Bonchev–Trinajstić information content (AvgIpc) is 2.76. The van der Waals surface area contributed by atoms with Gasteiger partial charge in [-0.2, -0.15) is 5.26 Å². The molecule has 0 saturated carbocycles. The van der Waals surface area contributed by atoms with Crippen LogP contribution in [0.5, 0.6) is 11.5 Å². The molecule has 3 rings (SSSR count). The molecule has 6 nitrogen and oxygen atoms in total. The second-order valence-electron chi connectivity index (χ2n) is 6.78. The summed E-state index contributed by atoms with van der Waals surface area (Å²) in [5, 5.41) is 9.67. The minimum Gasteiger partial charge on any atom is -0.493 e. The summed E-state index contributed by atoms with van der Waals surface area (Å²) in [6, 6.07) is 14.9. The van der Waals surface area contributed by atoms with Gasteiger partial charge in [-0.1, -0.05) is 17.7 Å². The normalized spacial score (nSPS) is 13.7. The maximum atomic E-state index is 12.5. The third-order valence-corrected chi connectivity index (χ3v) is 5.13. The molecule has 2 aromatic rings. The molecule has 0 spiro atoms. The van der Waals surface area contributed by atoms with Crippen molar-refractivity contribution in [1.29, 1.82) is 5.26 Å². The van der Waals surface area contributed by atoms with Gasteiger partial charge in [-0.15, -0.1) is 0 Å². The summed E-state index contributed by atoms with van der Waals surface area (Å²) in [7, 11) is 1.54. The Kier molecular flexibility index (Phi) is 7.20. The Morgan fingerprint density at radius 2 is 1.93 bits per heavy atom. The van der Waals surface area contributed by atoms with Crippen molar-refractivity contribution in [2.75, 3.05) is 44.8 Å². The Labute approximate surface area is 176 Å². The lowest BCUT2D eigenvalue weighted by Gasteiger charge is -2.36. The lowest BCUT2D eigenvalue weighted by atomic mass is 10.2. The zero-order valence-electron chi connectivity index (χ0n) is 16.4. The summed E-state index contributed by atoms with van der Waals surface area (Å²) in [4.78, 5) is 16.6. The minimum absolute atomic E-state index is 0.145. The van der Waals surface area contributed by atoms with Crippen LogP contribution < -0.4 is 14.4 Å². The van der Waals surface area contributed by atoms with Crippen LogP contribution in [-0.2, 0) is 4.79 Å². The molecule has 0 bridgehead atoms. The van der Waals surface area contributed by atoms with Crippen LogP contribution in [0.15, 0.2) is 42.5 Å². The first-order chi connectivity index (χ1) is 14.1. The van der Waals surface area contributed by atoms with E-state index in [0.717, 1.165) is 23.8 Å². The van der Waals surface area contributed by atoms with Gasteiger partial charge in [-0.05, 0) is 36.8 Å². The Morgan fingerprint density at radius 3 is 2.62 bits per heavy atom. The highest BCUT2D eigenvalue weighted by molar-refractivity contribution is 6.30. The first-order valence-electron chi connectivity index (χ1n) is 9.60. The van der Waals surface area contributed by atoms with E-state index in [2.05, 4.69) is 11.0 Å².